The van der Waals surface area contributed by atoms with Crippen LogP contribution in [-0.2, 0) is 6.18 Å². The van der Waals surface area contributed by atoms with Gasteiger partial charge in [-0.1, -0.05) is 47.5 Å². The highest BCUT2D eigenvalue weighted by molar-refractivity contribution is 6.30. The van der Waals surface area contributed by atoms with Crippen LogP contribution in [-0.4, -0.2) is 91.4 Å². The summed E-state index contributed by atoms with van der Waals surface area (Å²) in [5, 5.41) is 1.08. The number of hydrogen-bond acceptors (Lipinski definition) is 5. The average Bonchev–Trinajstić information content (AvgIpc) is 3.40. The van der Waals surface area contributed by atoms with Gasteiger partial charge in [0.05, 0.1) is 23.8 Å². The third kappa shape index (κ3) is 7.57. The summed E-state index contributed by atoms with van der Waals surface area (Å²) >= 11 is 12.5. The summed E-state index contributed by atoms with van der Waals surface area (Å²) in [5.41, 5.74) is 1.04. The molecule has 2 heterocycles. The highest BCUT2D eigenvalue weighted by Gasteiger charge is 2.45. The van der Waals surface area contributed by atoms with Gasteiger partial charge in [-0.15, -0.1) is 0 Å². The van der Waals surface area contributed by atoms with Gasteiger partial charge in [-0.3, -0.25) is 14.8 Å². The molecule has 3 aromatic rings. The molecule has 240 valence electrons. The van der Waals surface area contributed by atoms with E-state index >= 15 is 0 Å². The lowest BCUT2D eigenvalue weighted by molar-refractivity contribution is -0.137. The van der Waals surface area contributed by atoms with Gasteiger partial charge in [0, 0.05) is 49.3 Å². The first-order chi connectivity index (χ1) is 21.5. The lowest BCUT2D eigenvalue weighted by atomic mass is 9.93. The Labute approximate surface area is 271 Å². The van der Waals surface area contributed by atoms with E-state index in [1.807, 2.05) is 38.4 Å². The Morgan fingerprint density at radius 1 is 0.933 bits per heavy atom. The van der Waals surface area contributed by atoms with E-state index < -0.39 is 23.8 Å². The molecule has 12 heteroatoms. The molecule has 0 radical (unpaired) electrons. The van der Waals surface area contributed by atoms with E-state index in [9.17, 15) is 18.0 Å². The first kappa shape index (κ1) is 33.1. The number of benzene rings is 3. The summed E-state index contributed by atoms with van der Waals surface area (Å²) in [5.74, 6) is 0.246. The Morgan fingerprint density at radius 2 is 1.53 bits per heavy atom. The molecule has 0 saturated carbocycles. The molecule has 2 aliphatic rings. The van der Waals surface area contributed by atoms with Gasteiger partial charge in [-0.05, 0) is 74.6 Å². The first-order valence-corrected chi connectivity index (χ1v) is 15.6. The molecule has 2 unspecified atom stereocenters. The van der Waals surface area contributed by atoms with E-state index in [0.717, 1.165) is 36.3 Å². The van der Waals surface area contributed by atoms with Gasteiger partial charge >= 0.3 is 12.2 Å². The highest BCUT2D eigenvalue weighted by Crippen LogP contribution is 2.46. The van der Waals surface area contributed by atoms with Crippen LogP contribution in [0.4, 0.5) is 18.0 Å². The lowest BCUT2D eigenvalue weighted by Gasteiger charge is -2.39. The van der Waals surface area contributed by atoms with Crippen molar-refractivity contribution in [3.8, 4) is 5.75 Å². The molecule has 2 amide bonds. The average molecular weight is 663 g/mol. The van der Waals surface area contributed by atoms with Crippen molar-refractivity contribution < 1.29 is 22.7 Å². The number of urea groups is 1. The predicted octanol–water partition coefficient (Wildman–Crippen LogP) is 7.25. The SMILES string of the molecule is CCOc1cc(C(F)(F)F)ccc1C1=NC(c2ccc(Cl)cc2)C(c2ccc(Cl)cc2)N1C(=O)N1CCN(CCN(C)C)CC1. The summed E-state index contributed by atoms with van der Waals surface area (Å²) in [6.07, 6.45) is -4.57. The van der Waals surface area contributed by atoms with E-state index in [0.29, 0.717) is 41.8 Å². The van der Waals surface area contributed by atoms with Gasteiger partial charge in [0.15, 0.2) is 0 Å². The number of amidine groups is 1. The van der Waals surface area contributed by atoms with Gasteiger partial charge in [-0.25, -0.2) is 4.79 Å². The monoisotopic (exact) mass is 661 g/mol. The van der Waals surface area contributed by atoms with Crippen molar-refractivity contribution in [1.29, 1.82) is 0 Å². The second-order valence-electron chi connectivity index (χ2n) is 11.4. The molecule has 7 nitrogen and oxygen atoms in total. The molecule has 5 rings (SSSR count). The third-order valence-electron chi connectivity index (χ3n) is 8.05. The number of likely N-dealkylation sites (N-methyl/N-ethyl adjacent to an activating group) is 1. The predicted molar refractivity (Wildman–Crippen MR) is 171 cm³/mol. The molecule has 0 N–H and O–H groups in total. The zero-order valence-electron chi connectivity index (χ0n) is 25.4. The Hall–Kier alpha value is -3.31. The van der Waals surface area contributed by atoms with Crippen LogP contribution in [0.5, 0.6) is 5.75 Å². The number of amides is 2. The molecule has 0 bridgehead atoms. The third-order valence-corrected chi connectivity index (χ3v) is 8.56. The largest absolute Gasteiger partial charge is 0.493 e. The van der Waals surface area contributed by atoms with Gasteiger partial charge in [0.2, 0.25) is 0 Å². The zero-order valence-corrected chi connectivity index (χ0v) is 26.9. The van der Waals surface area contributed by atoms with Crippen molar-refractivity contribution in [3.05, 3.63) is 99.0 Å². The standard InChI is InChI=1S/C33H36Cl2F3N5O2/c1-4-45-28-21-24(33(36,37)38)9-14-27(28)31-39-29(22-5-10-25(34)11-6-22)30(23-7-12-26(35)13-8-23)43(31)32(44)42-19-17-41(18-20-42)16-15-40(2)3/h5-14,21,29-30H,4,15-20H2,1-3H3. The normalized spacial score (nSPS) is 19.3. The number of aliphatic imine (C=N–C) groups is 1. The van der Waals surface area contributed by atoms with Gasteiger partial charge in [-0.2, -0.15) is 13.2 Å². The fourth-order valence-electron chi connectivity index (χ4n) is 5.67. The number of carbonyl (C=O) groups excluding carboxylic acids is 1. The number of carbonyl (C=O) groups is 1. The highest BCUT2D eigenvalue weighted by atomic mass is 35.5. The summed E-state index contributed by atoms with van der Waals surface area (Å²) in [4.78, 5) is 27.5. The van der Waals surface area contributed by atoms with Crippen LogP contribution >= 0.6 is 23.2 Å². The second-order valence-corrected chi connectivity index (χ2v) is 12.2. The van der Waals surface area contributed by atoms with Crippen molar-refractivity contribution in [2.45, 2.75) is 25.2 Å². The van der Waals surface area contributed by atoms with Crippen LogP contribution in [0.15, 0.2) is 71.7 Å². The van der Waals surface area contributed by atoms with Crippen LogP contribution in [0, 0.1) is 0 Å². The van der Waals surface area contributed by atoms with Crippen molar-refractivity contribution in [2.24, 2.45) is 4.99 Å². The fourth-order valence-corrected chi connectivity index (χ4v) is 5.92. The molecule has 1 saturated heterocycles. The molecule has 3 aromatic carbocycles. The van der Waals surface area contributed by atoms with Crippen LogP contribution in [0.2, 0.25) is 10.0 Å². The topological polar surface area (TPSA) is 51.6 Å². The second kappa shape index (κ2) is 14.0. The molecule has 45 heavy (non-hydrogen) atoms. The number of nitrogens with zero attached hydrogens (tertiary/aromatic N) is 5. The number of hydrogen-bond donors (Lipinski definition) is 0. The minimum atomic E-state index is -4.57. The molecular formula is C33H36Cl2F3N5O2. The summed E-state index contributed by atoms with van der Waals surface area (Å²) in [7, 11) is 4.06. The zero-order chi connectivity index (χ0) is 32.3. The van der Waals surface area contributed by atoms with E-state index in [1.165, 1.54) is 6.07 Å². The molecule has 0 spiro atoms. The van der Waals surface area contributed by atoms with Crippen molar-refractivity contribution in [2.75, 3.05) is 60.0 Å². The van der Waals surface area contributed by atoms with E-state index in [2.05, 4.69) is 9.80 Å². The Morgan fingerprint density at radius 3 is 2.09 bits per heavy atom. The van der Waals surface area contributed by atoms with Gasteiger partial charge in [0.25, 0.3) is 0 Å². The summed E-state index contributed by atoms with van der Waals surface area (Å²) in [6, 6.07) is 16.3. The molecule has 0 aliphatic carbocycles. The molecule has 0 aromatic heterocycles. The quantitative estimate of drug-likeness (QED) is 0.255. The maximum Gasteiger partial charge on any atom is 0.416 e. The minimum Gasteiger partial charge on any atom is -0.493 e. The number of alkyl halides is 3. The van der Waals surface area contributed by atoms with Crippen LogP contribution in [0.25, 0.3) is 0 Å². The van der Waals surface area contributed by atoms with Crippen molar-refractivity contribution >= 4 is 35.1 Å². The lowest BCUT2D eigenvalue weighted by Crippen LogP contribution is -2.54. The smallest absolute Gasteiger partial charge is 0.416 e. The van der Waals surface area contributed by atoms with Crippen molar-refractivity contribution in [3.63, 3.8) is 0 Å². The van der Waals surface area contributed by atoms with Crippen LogP contribution in [0.1, 0.15) is 41.3 Å². The Kier molecular flexibility index (Phi) is 10.3. The fraction of sp³-hybridized carbons (Fsp3) is 0.394. The molecule has 2 atom stereocenters. The van der Waals surface area contributed by atoms with Gasteiger partial charge in [0.1, 0.15) is 17.6 Å². The molecule has 1 fully saturated rings. The maximum atomic E-state index is 14.6. The summed E-state index contributed by atoms with van der Waals surface area (Å²) in [6.45, 7) is 6.04. The van der Waals surface area contributed by atoms with Crippen LogP contribution < -0.4 is 4.74 Å². The first-order valence-electron chi connectivity index (χ1n) is 14.8. The van der Waals surface area contributed by atoms with E-state index in [1.54, 1.807) is 41.0 Å². The number of ether oxygens (including phenoxy) is 1. The summed E-state index contributed by atoms with van der Waals surface area (Å²) < 4.78 is 47.0. The van der Waals surface area contributed by atoms with E-state index in [4.69, 9.17) is 32.9 Å². The molecule has 2 aliphatic heterocycles. The minimum absolute atomic E-state index is 0.00370. The number of halogens is 5. The van der Waals surface area contributed by atoms with Crippen molar-refractivity contribution in [1.82, 2.24) is 19.6 Å². The van der Waals surface area contributed by atoms with Crippen LogP contribution in [0.3, 0.4) is 0 Å². The van der Waals surface area contributed by atoms with E-state index in [-0.39, 0.29) is 24.2 Å². The Bertz CT molecular complexity index is 1510. The molecular weight excluding hydrogens is 626 g/mol. The Balaban J connectivity index is 1.61. The maximum absolute atomic E-state index is 14.6. The number of piperazine rings is 1. The number of rotatable bonds is 8. The van der Waals surface area contributed by atoms with Gasteiger partial charge < -0.3 is 14.5 Å².